The topological polar surface area (TPSA) is 68.6 Å². The summed E-state index contributed by atoms with van der Waals surface area (Å²) in [7, 11) is 0. The van der Waals surface area contributed by atoms with Crippen molar-refractivity contribution >= 4 is 29.1 Å². The summed E-state index contributed by atoms with van der Waals surface area (Å²) in [4.78, 5) is 38.3. The van der Waals surface area contributed by atoms with Gasteiger partial charge in [-0.1, -0.05) is 12.1 Å². The molecule has 1 aromatic carbocycles. The molecule has 0 saturated carbocycles. The lowest BCUT2D eigenvalue weighted by Gasteiger charge is -2.14. The highest BCUT2D eigenvalue weighted by Gasteiger charge is 2.36. The van der Waals surface area contributed by atoms with Crippen LogP contribution in [0.2, 0.25) is 0 Å². The molecule has 2 amide bonds. The maximum absolute atomic E-state index is 12.4. The zero-order valence-corrected chi connectivity index (χ0v) is 13.7. The van der Waals surface area contributed by atoms with Crippen molar-refractivity contribution in [2.24, 2.45) is 0 Å². The van der Waals surface area contributed by atoms with Gasteiger partial charge in [0.05, 0.1) is 16.8 Å². The summed E-state index contributed by atoms with van der Waals surface area (Å²) in [6, 6.07) is 12.1. The summed E-state index contributed by atoms with van der Waals surface area (Å²) >= 11 is 1.24. The number of hydrogen-bond acceptors (Lipinski definition) is 5. The fourth-order valence-electron chi connectivity index (χ4n) is 2.70. The number of hydrogen-bond donors (Lipinski definition) is 0. The number of benzene rings is 1. The lowest BCUT2D eigenvalue weighted by Crippen LogP contribution is -2.33. The smallest absolute Gasteiger partial charge is 0.352 e. The summed E-state index contributed by atoms with van der Waals surface area (Å²) in [5, 5.41) is 1.79. The number of nitrogens with zero attached hydrogens (tertiary/aromatic N) is 2. The number of imide groups is 1. The largest absolute Gasteiger partial charge is 0.439 e. The number of rotatable bonds is 4. The Balaban J connectivity index is 1.50. The molecule has 0 radical (unpaired) electrons. The fraction of sp³-hybridized carbons (Fsp3) is 0.0556. The summed E-state index contributed by atoms with van der Waals surface area (Å²) < 4.78 is 7.02. The van der Waals surface area contributed by atoms with E-state index in [1.54, 1.807) is 34.2 Å². The van der Waals surface area contributed by atoms with Crippen LogP contribution in [0.1, 0.15) is 30.4 Å². The van der Waals surface area contributed by atoms with Crippen LogP contribution in [0.4, 0.5) is 0 Å². The standard InChI is InChI=1S/C18H12N2O4S/c21-16-12-5-1-2-6-13(12)17(22)20(16)11-24-18(23)15-14(7-10-25-15)19-8-3-4-9-19/h1-10H,11H2. The SMILES string of the molecule is O=C(OCN1C(=O)c2ccccc2C1=O)c1sccc1-n1cccc1. The van der Waals surface area contributed by atoms with Gasteiger partial charge >= 0.3 is 5.97 Å². The van der Waals surface area contributed by atoms with Gasteiger partial charge in [0.2, 0.25) is 0 Å². The van der Waals surface area contributed by atoms with Gasteiger partial charge < -0.3 is 9.30 Å². The number of thiophene rings is 1. The average molecular weight is 352 g/mol. The van der Waals surface area contributed by atoms with E-state index < -0.39 is 24.5 Å². The molecule has 25 heavy (non-hydrogen) atoms. The lowest BCUT2D eigenvalue weighted by atomic mass is 10.1. The van der Waals surface area contributed by atoms with Crippen LogP contribution in [-0.4, -0.2) is 34.0 Å². The van der Waals surface area contributed by atoms with Crippen LogP contribution in [0.5, 0.6) is 0 Å². The first-order valence-electron chi connectivity index (χ1n) is 7.50. The summed E-state index contributed by atoms with van der Waals surface area (Å²) in [6.07, 6.45) is 3.64. The van der Waals surface area contributed by atoms with E-state index in [2.05, 4.69) is 0 Å². The zero-order valence-electron chi connectivity index (χ0n) is 12.9. The Labute approximate surface area is 146 Å². The van der Waals surface area contributed by atoms with Gasteiger partial charge in [0.1, 0.15) is 4.88 Å². The number of esters is 1. The van der Waals surface area contributed by atoms with E-state index in [1.807, 2.05) is 30.6 Å². The van der Waals surface area contributed by atoms with Crippen LogP contribution >= 0.6 is 11.3 Å². The normalized spacial score (nSPS) is 13.2. The maximum Gasteiger partial charge on any atom is 0.352 e. The minimum Gasteiger partial charge on any atom is -0.439 e. The quantitative estimate of drug-likeness (QED) is 0.535. The lowest BCUT2D eigenvalue weighted by molar-refractivity contribution is 0.0232. The summed E-state index contributed by atoms with van der Waals surface area (Å²) in [6.45, 7) is -0.409. The second-order valence-electron chi connectivity index (χ2n) is 5.37. The molecule has 4 rings (SSSR count). The highest BCUT2D eigenvalue weighted by atomic mass is 32.1. The molecule has 124 valence electrons. The number of amides is 2. The van der Waals surface area contributed by atoms with E-state index in [-0.39, 0.29) is 0 Å². The average Bonchev–Trinajstić information content (AvgIpc) is 3.35. The van der Waals surface area contributed by atoms with Crippen LogP contribution < -0.4 is 0 Å². The van der Waals surface area contributed by atoms with E-state index >= 15 is 0 Å². The van der Waals surface area contributed by atoms with Gasteiger partial charge in [-0.2, -0.15) is 0 Å². The van der Waals surface area contributed by atoms with E-state index in [4.69, 9.17) is 4.74 Å². The van der Waals surface area contributed by atoms with Crippen molar-refractivity contribution in [2.45, 2.75) is 0 Å². The Kier molecular flexibility index (Phi) is 3.70. The maximum atomic E-state index is 12.4. The van der Waals surface area contributed by atoms with E-state index in [9.17, 15) is 14.4 Å². The Morgan fingerprint density at radius 1 is 0.960 bits per heavy atom. The van der Waals surface area contributed by atoms with Gasteiger partial charge in [0.25, 0.3) is 11.8 Å². The molecule has 0 unspecified atom stereocenters. The highest BCUT2D eigenvalue weighted by molar-refractivity contribution is 7.12. The third kappa shape index (κ3) is 2.54. The molecule has 1 aliphatic rings. The molecule has 7 heteroatoms. The Bertz CT molecular complexity index is 940. The molecular formula is C18H12N2O4S. The molecule has 0 bridgehead atoms. The predicted octanol–water partition coefficient (Wildman–Crippen LogP) is 2.95. The number of carbonyl (C=O) groups is 3. The van der Waals surface area contributed by atoms with Crippen molar-refractivity contribution < 1.29 is 19.1 Å². The zero-order chi connectivity index (χ0) is 17.4. The minimum absolute atomic E-state index is 0.327. The third-order valence-electron chi connectivity index (χ3n) is 3.92. The van der Waals surface area contributed by atoms with E-state index in [0.717, 1.165) is 4.90 Å². The highest BCUT2D eigenvalue weighted by Crippen LogP contribution is 2.24. The first-order chi connectivity index (χ1) is 12.2. The third-order valence-corrected chi connectivity index (χ3v) is 4.80. The first-order valence-corrected chi connectivity index (χ1v) is 8.38. The van der Waals surface area contributed by atoms with Crippen molar-refractivity contribution in [2.75, 3.05) is 6.73 Å². The van der Waals surface area contributed by atoms with Crippen LogP contribution in [0.25, 0.3) is 5.69 Å². The minimum atomic E-state index is -0.574. The molecule has 1 aliphatic heterocycles. The number of aromatic nitrogens is 1. The monoisotopic (exact) mass is 352 g/mol. The molecule has 0 atom stereocenters. The second-order valence-corrected chi connectivity index (χ2v) is 6.29. The summed E-state index contributed by atoms with van der Waals surface area (Å²) in [5.74, 6) is -1.48. The molecule has 0 saturated heterocycles. The van der Waals surface area contributed by atoms with Gasteiger partial charge in [-0.05, 0) is 35.7 Å². The van der Waals surface area contributed by atoms with Crippen LogP contribution in [0.3, 0.4) is 0 Å². The van der Waals surface area contributed by atoms with E-state index in [0.29, 0.717) is 21.7 Å². The molecule has 0 fully saturated rings. The number of ether oxygens (including phenoxy) is 1. The fourth-order valence-corrected chi connectivity index (χ4v) is 3.48. The van der Waals surface area contributed by atoms with Gasteiger partial charge in [0, 0.05) is 12.4 Å². The van der Waals surface area contributed by atoms with E-state index in [1.165, 1.54) is 11.3 Å². The molecule has 3 heterocycles. The van der Waals surface area contributed by atoms with Gasteiger partial charge in [0.15, 0.2) is 6.73 Å². The predicted molar refractivity (Wildman–Crippen MR) is 90.9 cm³/mol. The Morgan fingerprint density at radius 3 is 2.24 bits per heavy atom. The molecule has 0 aliphatic carbocycles. The second kappa shape index (κ2) is 6.03. The van der Waals surface area contributed by atoms with Crippen LogP contribution in [0.15, 0.2) is 60.2 Å². The van der Waals surface area contributed by atoms with Crippen LogP contribution in [0, 0.1) is 0 Å². The summed E-state index contributed by atoms with van der Waals surface area (Å²) in [5.41, 5.74) is 1.35. The molecule has 2 aromatic heterocycles. The number of carbonyl (C=O) groups excluding carboxylic acids is 3. The van der Waals surface area contributed by atoms with Crippen LogP contribution in [-0.2, 0) is 4.74 Å². The molecule has 0 spiro atoms. The molecule has 3 aromatic rings. The van der Waals surface area contributed by atoms with Crippen molar-refractivity contribution in [1.29, 1.82) is 0 Å². The Morgan fingerprint density at radius 2 is 1.60 bits per heavy atom. The van der Waals surface area contributed by atoms with Crippen molar-refractivity contribution in [3.8, 4) is 5.69 Å². The molecule has 6 nitrogen and oxygen atoms in total. The number of fused-ring (bicyclic) bond motifs is 1. The molecular weight excluding hydrogens is 340 g/mol. The molecule has 0 N–H and O–H groups in total. The Hall–Kier alpha value is -3.19. The van der Waals surface area contributed by atoms with Gasteiger partial charge in [-0.3, -0.25) is 9.59 Å². The van der Waals surface area contributed by atoms with Crippen molar-refractivity contribution in [3.05, 3.63) is 76.2 Å². The van der Waals surface area contributed by atoms with Crippen molar-refractivity contribution in [3.63, 3.8) is 0 Å². The van der Waals surface area contributed by atoms with Gasteiger partial charge in [-0.25, -0.2) is 9.69 Å². The van der Waals surface area contributed by atoms with Gasteiger partial charge in [-0.15, -0.1) is 11.3 Å². The first kappa shape index (κ1) is 15.3. The van der Waals surface area contributed by atoms with Crippen molar-refractivity contribution in [1.82, 2.24) is 9.47 Å².